The minimum atomic E-state index is 0.191. The number of rotatable bonds is 2. The van der Waals surface area contributed by atoms with E-state index in [1.54, 1.807) is 6.20 Å². The van der Waals surface area contributed by atoms with Crippen LogP contribution in [0.25, 0.3) is 5.70 Å². The van der Waals surface area contributed by atoms with E-state index in [1.807, 2.05) is 18.3 Å². The van der Waals surface area contributed by atoms with E-state index in [4.69, 9.17) is 0 Å². The number of nitrogens with zero attached hydrogens (tertiary/aromatic N) is 2. The molecular formula is C16H17N3. The summed E-state index contributed by atoms with van der Waals surface area (Å²) in [7, 11) is 2.11. The summed E-state index contributed by atoms with van der Waals surface area (Å²) in [5.74, 6) is 0. The molecule has 1 aromatic carbocycles. The van der Waals surface area contributed by atoms with Crippen LogP contribution in [-0.2, 0) is 0 Å². The van der Waals surface area contributed by atoms with Gasteiger partial charge in [0.1, 0.15) is 6.17 Å². The summed E-state index contributed by atoms with van der Waals surface area (Å²) in [6, 6.07) is 14.5. The van der Waals surface area contributed by atoms with E-state index in [1.165, 1.54) is 11.3 Å². The van der Waals surface area contributed by atoms with Crippen LogP contribution in [0, 0.1) is 0 Å². The number of hydrogen-bond donors (Lipinski definition) is 1. The first-order valence-corrected chi connectivity index (χ1v) is 6.43. The summed E-state index contributed by atoms with van der Waals surface area (Å²) in [5.41, 5.74) is 4.79. The monoisotopic (exact) mass is 251 g/mol. The number of pyridine rings is 1. The van der Waals surface area contributed by atoms with Gasteiger partial charge in [-0.25, -0.2) is 0 Å². The maximum atomic E-state index is 4.19. The minimum absolute atomic E-state index is 0.191. The second-order valence-corrected chi connectivity index (χ2v) is 4.77. The fraction of sp³-hybridized carbons (Fsp3) is 0.188. The summed E-state index contributed by atoms with van der Waals surface area (Å²) < 4.78 is 0. The third-order valence-corrected chi connectivity index (χ3v) is 3.62. The second kappa shape index (κ2) is 4.76. The van der Waals surface area contributed by atoms with Gasteiger partial charge < -0.3 is 10.2 Å². The van der Waals surface area contributed by atoms with Crippen molar-refractivity contribution in [3.8, 4) is 0 Å². The lowest BCUT2D eigenvalue weighted by Crippen LogP contribution is -2.25. The van der Waals surface area contributed by atoms with Crippen LogP contribution in [0.5, 0.6) is 0 Å². The van der Waals surface area contributed by atoms with Crippen molar-refractivity contribution < 1.29 is 0 Å². The molecule has 3 heteroatoms. The van der Waals surface area contributed by atoms with Crippen molar-refractivity contribution in [2.45, 2.75) is 13.1 Å². The molecule has 0 fully saturated rings. The number of aromatic nitrogens is 1. The van der Waals surface area contributed by atoms with Gasteiger partial charge in [0, 0.05) is 30.7 Å². The molecule has 3 rings (SSSR count). The zero-order chi connectivity index (χ0) is 13.2. The van der Waals surface area contributed by atoms with E-state index in [9.17, 15) is 0 Å². The van der Waals surface area contributed by atoms with Crippen molar-refractivity contribution in [3.63, 3.8) is 0 Å². The number of nitrogens with one attached hydrogen (secondary N) is 1. The van der Waals surface area contributed by atoms with Gasteiger partial charge in [0.25, 0.3) is 0 Å². The first-order chi connectivity index (χ1) is 9.27. The van der Waals surface area contributed by atoms with Crippen LogP contribution in [0.2, 0.25) is 0 Å². The Morgan fingerprint density at radius 3 is 2.58 bits per heavy atom. The van der Waals surface area contributed by atoms with Crippen LogP contribution in [0.15, 0.2) is 60.6 Å². The lowest BCUT2D eigenvalue weighted by molar-refractivity contribution is 0.319. The molecule has 1 aromatic heterocycles. The number of allylic oxidation sites excluding steroid dienone is 1. The Kier molecular flexibility index (Phi) is 2.95. The molecule has 96 valence electrons. The fourth-order valence-electron chi connectivity index (χ4n) is 2.45. The van der Waals surface area contributed by atoms with E-state index in [0.717, 1.165) is 11.3 Å². The molecule has 0 aliphatic carbocycles. The first-order valence-electron chi connectivity index (χ1n) is 6.43. The van der Waals surface area contributed by atoms with Crippen molar-refractivity contribution in [1.82, 2.24) is 15.2 Å². The van der Waals surface area contributed by atoms with Gasteiger partial charge in [-0.15, -0.1) is 0 Å². The maximum absolute atomic E-state index is 4.19. The Morgan fingerprint density at radius 1 is 1.11 bits per heavy atom. The topological polar surface area (TPSA) is 28.2 Å². The van der Waals surface area contributed by atoms with Crippen LogP contribution in [0.4, 0.5) is 0 Å². The Labute approximate surface area is 113 Å². The molecule has 3 nitrogen and oxygen atoms in total. The highest BCUT2D eigenvalue weighted by Gasteiger charge is 2.27. The molecule has 0 radical (unpaired) electrons. The third kappa shape index (κ3) is 2.08. The van der Waals surface area contributed by atoms with E-state index >= 15 is 0 Å². The number of benzene rings is 1. The summed E-state index contributed by atoms with van der Waals surface area (Å²) in [5, 5.41) is 3.59. The zero-order valence-electron chi connectivity index (χ0n) is 11.2. The average molecular weight is 251 g/mol. The molecule has 1 unspecified atom stereocenters. The van der Waals surface area contributed by atoms with Crippen molar-refractivity contribution in [2.75, 3.05) is 7.05 Å². The van der Waals surface area contributed by atoms with Crippen molar-refractivity contribution in [3.05, 3.63) is 71.7 Å². The minimum Gasteiger partial charge on any atom is -0.360 e. The van der Waals surface area contributed by atoms with Crippen LogP contribution < -0.4 is 5.32 Å². The predicted molar refractivity (Wildman–Crippen MR) is 76.9 cm³/mol. The predicted octanol–water partition coefficient (Wildman–Crippen LogP) is 3.00. The summed E-state index contributed by atoms with van der Waals surface area (Å²) in [6.45, 7) is 2.14. The average Bonchev–Trinajstić information content (AvgIpc) is 2.77. The molecule has 1 N–H and O–H groups in total. The normalized spacial score (nSPS) is 18.6. The van der Waals surface area contributed by atoms with Gasteiger partial charge >= 0.3 is 0 Å². The molecule has 19 heavy (non-hydrogen) atoms. The third-order valence-electron chi connectivity index (χ3n) is 3.62. The van der Waals surface area contributed by atoms with E-state index in [0.29, 0.717) is 0 Å². The Bertz CT molecular complexity index is 590. The highest BCUT2D eigenvalue weighted by Crippen LogP contribution is 2.33. The van der Waals surface area contributed by atoms with Crippen LogP contribution in [0.3, 0.4) is 0 Å². The largest absolute Gasteiger partial charge is 0.360 e. The van der Waals surface area contributed by atoms with E-state index < -0.39 is 0 Å². The highest BCUT2D eigenvalue weighted by atomic mass is 15.3. The summed E-state index contributed by atoms with van der Waals surface area (Å²) in [6.07, 6.45) is 3.89. The number of hydrogen-bond acceptors (Lipinski definition) is 3. The van der Waals surface area contributed by atoms with Gasteiger partial charge in [0.15, 0.2) is 0 Å². The molecule has 0 bridgehead atoms. The lowest BCUT2D eigenvalue weighted by Gasteiger charge is -2.23. The van der Waals surface area contributed by atoms with Gasteiger partial charge in [0.2, 0.25) is 0 Å². The van der Waals surface area contributed by atoms with Crippen LogP contribution >= 0.6 is 0 Å². The standard InChI is InChI=1S/C16H17N3/c1-12-15(14-9-6-10-17-11-14)18-16(19(12)2)13-7-4-3-5-8-13/h3-11,16,18H,1-2H3. The molecule has 1 aliphatic rings. The van der Waals surface area contributed by atoms with Crippen molar-refractivity contribution >= 4 is 5.70 Å². The van der Waals surface area contributed by atoms with Crippen molar-refractivity contribution in [2.24, 2.45) is 0 Å². The van der Waals surface area contributed by atoms with E-state index in [-0.39, 0.29) is 6.17 Å². The van der Waals surface area contributed by atoms with Gasteiger partial charge in [0.05, 0.1) is 5.70 Å². The molecule has 0 spiro atoms. The summed E-state index contributed by atoms with van der Waals surface area (Å²) in [4.78, 5) is 6.46. The van der Waals surface area contributed by atoms with Crippen molar-refractivity contribution in [1.29, 1.82) is 0 Å². The molecule has 2 heterocycles. The second-order valence-electron chi connectivity index (χ2n) is 4.77. The van der Waals surface area contributed by atoms with Crippen LogP contribution in [-0.4, -0.2) is 16.9 Å². The molecule has 0 amide bonds. The molecule has 1 atom stereocenters. The zero-order valence-corrected chi connectivity index (χ0v) is 11.2. The van der Waals surface area contributed by atoms with Crippen LogP contribution in [0.1, 0.15) is 24.2 Å². The Morgan fingerprint density at radius 2 is 1.89 bits per heavy atom. The maximum Gasteiger partial charge on any atom is 0.125 e. The molecule has 0 saturated heterocycles. The SMILES string of the molecule is CC1=C(c2cccnc2)NC(c2ccccc2)N1C. The van der Waals surface area contributed by atoms with Gasteiger partial charge in [-0.2, -0.15) is 0 Å². The molecule has 1 aliphatic heterocycles. The quantitative estimate of drug-likeness (QED) is 0.889. The highest BCUT2D eigenvalue weighted by molar-refractivity contribution is 5.68. The fourth-order valence-corrected chi connectivity index (χ4v) is 2.45. The Balaban J connectivity index is 1.93. The lowest BCUT2D eigenvalue weighted by atomic mass is 10.1. The Hall–Kier alpha value is -2.29. The molecule has 2 aromatic rings. The van der Waals surface area contributed by atoms with E-state index in [2.05, 4.69) is 59.5 Å². The van der Waals surface area contributed by atoms with Gasteiger partial charge in [-0.05, 0) is 24.6 Å². The van der Waals surface area contributed by atoms with Gasteiger partial charge in [-0.1, -0.05) is 30.3 Å². The first kappa shape index (κ1) is 11.8. The molecular weight excluding hydrogens is 234 g/mol. The van der Waals surface area contributed by atoms with Gasteiger partial charge in [-0.3, -0.25) is 4.98 Å². The molecule has 0 saturated carbocycles. The smallest absolute Gasteiger partial charge is 0.125 e. The summed E-state index contributed by atoms with van der Waals surface area (Å²) >= 11 is 0.